The zero-order valence-corrected chi connectivity index (χ0v) is 28.1. The summed E-state index contributed by atoms with van der Waals surface area (Å²) < 4.78 is 6.82. The van der Waals surface area contributed by atoms with Gasteiger partial charge in [0.2, 0.25) is 0 Å². The SMILES string of the molecule is C=N/C(=C\C=C/C)c1cc(-c2ccccc2-c2ccc3c(c2)Oc2ccccc2C32c3ccccc3-c3ccccc32)nc(-c2ccccc2)n1. The van der Waals surface area contributed by atoms with E-state index in [2.05, 4.69) is 127 Å². The third-order valence-corrected chi connectivity index (χ3v) is 10.0. The maximum atomic E-state index is 6.82. The van der Waals surface area contributed by atoms with Crippen molar-refractivity contribution in [1.82, 2.24) is 9.97 Å². The maximum absolute atomic E-state index is 6.82. The zero-order valence-electron chi connectivity index (χ0n) is 28.1. The van der Waals surface area contributed by atoms with E-state index in [1.165, 1.54) is 22.3 Å². The molecule has 1 aliphatic heterocycles. The number of aromatic nitrogens is 2. The van der Waals surface area contributed by atoms with Crippen LogP contribution in [0.25, 0.3) is 50.6 Å². The van der Waals surface area contributed by atoms with Gasteiger partial charge >= 0.3 is 0 Å². The molecule has 4 heteroatoms. The predicted octanol–water partition coefficient (Wildman–Crippen LogP) is 11.6. The molecule has 51 heavy (non-hydrogen) atoms. The second kappa shape index (κ2) is 12.3. The van der Waals surface area contributed by atoms with Gasteiger partial charge in [-0.2, -0.15) is 0 Å². The molecule has 2 heterocycles. The molecule has 1 spiro atoms. The second-order valence-corrected chi connectivity index (χ2v) is 12.8. The number of rotatable bonds is 6. The van der Waals surface area contributed by atoms with E-state index in [1.807, 2.05) is 61.5 Å². The molecule has 0 saturated carbocycles. The Morgan fingerprint density at radius 3 is 1.90 bits per heavy atom. The van der Waals surface area contributed by atoms with Crippen molar-refractivity contribution in [3.63, 3.8) is 0 Å². The van der Waals surface area contributed by atoms with E-state index in [-0.39, 0.29) is 0 Å². The molecule has 9 rings (SSSR count). The highest BCUT2D eigenvalue weighted by atomic mass is 16.5. The van der Waals surface area contributed by atoms with E-state index in [0.717, 1.165) is 50.6 Å². The molecule has 2 aliphatic rings. The Morgan fingerprint density at radius 2 is 1.20 bits per heavy atom. The number of aliphatic imine (C=N–C) groups is 1. The number of allylic oxidation sites excluding steroid dienone is 3. The summed E-state index contributed by atoms with van der Waals surface area (Å²) in [4.78, 5) is 14.4. The molecular weight excluding hydrogens is 623 g/mol. The first-order chi connectivity index (χ1) is 25.2. The van der Waals surface area contributed by atoms with Gasteiger partial charge in [-0.05, 0) is 71.3 Å². The van der Waals surface area contributed by atoms with Crippen molar-refractivity contribution in [2.45, 2.75) is 12.3 Å². The summed E-state index contributed by atoms with van der Waals surface area (Å²) in [5.74, 6) is 2.33. The van der Waals surface area contributed by atoms with Crippen LogP contribution in [0.2, 0.25) is 0 Å². The van der Waals surface area contributed by atoms with Crippen LogP contribution in [-0.2, 0) is 5.41 Å². The normalized spacial score (nSPS) is 13.6. The molecule has 7 aromatic rings. The van der Waals surface area contributed by atoms with E-state index in [0.29, 0.717) is 17.2 Å². The van der Waals surface area contributed by atoms with E-state index < -0.39 is 5.41 Å². The molecule has 0 fully saturated rings. The van der Waals surface area contributed by atoms with E-state index in [9.17, 15) is 0 Å². The number of nitrogens with zero attached hydrogens (tertiary/aromatic N) is 3. The highest BCUT2D eigenvalue weighted by Crippen LogP contribution is 2.62. The number of ether oxygens (including phenoxy) is 1. The number of para-hydroxylation sites is 1. The number of benzene rings is 6. The van der Waals surface area contributed by atoms with Crippen LogP contribution in [0.15, 0.2) is 175 Å². The van der Waals surface area contributed by atoms with Gasteiger partial charge in [0, 0.05) is 22.3 Å². The Balaban J connectivity index is 1.25. The summed E-state index contributed by atoms with van der Waals surface area (Å²) in [6, 6.07) is 53.2. The molecule has 0 radical (unpaired) electrons. The lowest BCUT2D eigenvalue weighted by Gasteiger charge is -2.39. The van der Waals surface area contributed by atoms with Gasteiger partial charge in [-0.1, -0.05) is 146 Å². The first-order valence-electron chi connectivity index (χ1n) is 17.2. The van der Waals surface area contributed by atoms with Gasteiger partial charge in [0.05, 0.1) is 22.5 Å². The minimum absolute atomic E-state index is 0.505. The molecule has 6 aromatic carbocycles. The van der Waals surface area contributed by atoms with Gasteiger partial charge in [0.25, 0.3) is 0 Å². The first kappa shape index (κ1) is 30.4. The first-order valence-corrected chi connectivity index (χ1v) is 17.2. The molecular formula is C47H33N3O. The van der Waals surface area contributed by atoms with Crippen molar-refractivity contribution in [2.75, 3.05) is 0 Å². The molecule has 0 N–H and O–H groups in total. The Morgan fingerprint density at radius 1 is 0.588 bits per heavy atom. The Kier molecular flexibility index (Phi) is 7.36. The number of hydrogen-bond donors (Lipinski definition) is 0. The summed E-state index contributed by atoms with van der Waals surface area (Å²) in [5, 5.41) is 0. The molecule has 0 saturated heterocycles. The van der Waals surface area contributed by atoms with Crippen LogP contribution in [0, 0.1) is 0 Å². The van der Waals surface area contributed by atoms with Gasteiger partial charge in [-0.25, -0.2) is 9.97 Å². The summed E-state index contributed by atoms with van der Waals surface area (Å²) in [7, 11) is 0. The van der Waals surface area contributed by atoms with Crippen LogP contribution in [0.1, 0.15) is 34.9 Å². The maximum Gasteiger partial charge on any atom is 0.160 e. The molecule has 4 nitrogen and oxygen atoms in total. The fourth-order valence-electron chi connectivity index (χ4n) is 7.83. The average molecular weight is 656 g/mol. The summed E-state index contributed by atoms with van der Waals surface area (Å²) in [6.07, 6.45) is 5.83. The molecule has 1 aromatic heterocycles. The van der Waals surface area contributed by atoms with Crippen LogP contribution in [-0.4, -0.2) is 16.7 Å². The van der Waals surface area contributed by atoms with E-state index in [4.69, 9.17) is 14.7 Å². The highest BCUT2D eigenvalue weighted by molar-refractivity contribution is 5.90. The predicted molar refractivity (Wildman–Crippen MR) is 208 cm³/mol. The largest absolute Gasteiger partial charge is 0.457 e. The quantitative estimate of drug-likeness (QED) is 0.132. The van der Waals surface area contributed by atoms with Crippen molar-refractivity contribution in [3.8, 4) is 56.4 Å². The standard InChI is InChI=1S/C47H33N3O/c1-3-4-25-41(48-2)43-30-42(49-46(50-43)31-16-6-5-7-17-31)36-21-9-8-18-33(36)32-27-28-40-45(29-32)51-44-26-15-14-24-39(44)47(40)37-22-12-10-19-34(37)35-20-11-13-23-38(35)47/h3-30H,2H2,1H3/b4-3-,41-25-. The smallest absolute Gasteiger partial charge is 0.160 e. The minimum atomic E-state index is -0.505. The third-order valence-electron chi connectivity index (χ3n) is 10.0. The molecule has 1 aliphatic carbocycles. The van der Waals surface area contributed by atoms with Gasteiger partial charge in [-0.15, -0.1) is 0 Å². The monoisotopic (exact) mass is 655 g/mol. The molecule has 0 bridgehead atoms. The highest BCUT2D eigenvalue weighted by Gasteiger charge is 2.50. The average Bonchev–Trinajstić information content (AvgIpc) is 3.49. The number of fused-ring (bicyclic) bond motifs is 9. The van der Waals surface area contributed by atoms with E-state index in [1.54, 1.807) is 0 Å². The van der Waals surface area contributed by atoms with Gasteiger partial charge in [0.15, 0.2) is 5.82 Å². The van der Waals surface area contributed by atoms with Crippen LogP contribution >= 0.6 is 0 Å². The van der Waals surface area contributed by atoms with Crippen LogP contribution < -0.4 is 4.74 Å². The lowest BCUT2D eigenvalue weighted by molar-refractivity contribution is 0.436. The van der Waals surface area contributed by atoms with Crippen molar-refractivity contribution in [2.24, 2.45) is 4.99 Å². The molecule has 242 valence electrons. The summed E-state index contributed by atoms with van der Waals surface area (Å²) in [5.41, 5.74) is 13.0. The van der Waals surface area contributed by atoms with Crippen molar-refractivity contribution in [1.29, 1.82) is 0 Å². The topological polar surface area (TPSA) is 47.4 Å². The van der Waals surface area contributed by atoms with Gasteiger partial charge in [0.1, 0.15) is 11.5 Å². The van der Waals surface area contributed by atoms with Crippen molar-refractivity contribution >= 4 is 12.4 Å². The van der Waals surface area contributed by atoms with E-state index >= 15 is 0 Å². The Labute approximate surface area is 297 Å². The second-order valence-electron chi connectivity index (χ2n) is 12.8. The van der Waals surface area contributed by atoms with Crippen LogP contribution in [0.4, 0.5) is 0 Å². The number of hydrogen-bond acceptors (Lipinski definition) is 4. The third kappa shape index (κ3) is 4.79. The lowest BCUT2D eigenvalue weighted by Crippen LogP contribution is -2.32. The Bertz CT molecular complexity index is 2500. The Hall–Kier alpha value is -6.65. The van der Waals surface area contributed by atoms with Crippen molar-refractivity contribution in [3.05, 3.63) is 198 Å². The molecule has 0 amide bonds. The fourth-order valence-corrected chi connectivity index (χ4v) is 7.83. The van der Waals surface area contributed by atoms with Crippen molar-refractivity contribution < 1.29 is 4.74 Å². The minimum Gasteiger partial charge on any atom is -0.457 e. The van der Waals surface area contributed by atoms with Gasteiger partial charge < -0.3 is 4.74 Å². The fraction of sp³-hybridized carbons (Fsp3) is 0.0426. The van der Waals surface area contributed by atoms with Crippen LogP contribution in [0.5, 0.6) is 11.5 Å². The summed E-state index contributed by atoms with van der Waals surface area (Å²) in [6.45, 7) is 5.82. The van der Waals surface area contributed by atoms with Crippen LogP contribution in [0.3, 0.4) is 0 Å². The lowest BCUT2D eigenvalue weighted by atomic mass is 9.66. The summed E-state index contributed by atoms with van der Waals surface area (Å²) >= 11 is 0. The zero-order chi connectivity index (χ0) is 34.4. The molecule has 0 unspecified atom stereocenters. The molecule has 0 atom stereocenters. The van der Waals surface area contributed by atoms with Gasteiger partial charge in [-0.3, -0.25) is 4.99 Å².